The van der Waals surface area contributed by atoms with Crippen molar-refractivity contribution in [3.8, 4) is 0 Å². The van der Waals surface area contributed by atoms with Gasteiger partial charge in [0.2, 0.25) is 5.91 Å². The van der Waals surface area contributed by atoms with Crippen LogP contribution in [-0.2, 0) is 11.3 Å². The normalized spacial score (nSPS) is 17.6. The molecule has 1 aliphatic rings. The maximum atomic E-state index is 12.5. The van der Waals surface area contributed by atoms with Crippen LogP contribution in [0, 0.1) is 6.92 Å². The first-order valence-corrected chi connectivity index (χ1v) is 9.42. The van der Waals surface area contributed by atoms with Crippen molar-refractivity contribution in [1.29, 1.82) is 0 Å². The number of benzene rings is 1. The molecule has 2 heterocycles. The smallest absolute Gasteiger partial charge is 0.241 e. The van der Waals surface area contributed by atoms with E-state index in [9.17, 15) is 4.79 Å². The second kappa shape index (κ2) is 7.92. The Morgan fingerprint density at radius 3 is 2.62 bits per heavy atom. The van der Waals surface area contributed by atoms with Crippen LogP contribution in [0.3, 0.4) is 0 Å². The maximum Gasteiger partial charge on any atom is 0.241 e. The van der Waals surface area contributed by atoms with Crippen molar-refractivity contribution < 1.29 is 4.79 Å². The molecule has 5 heteroatoms. The van der Waals surface area contributed by atoms with Gasteiger partial charge >= 0.3 is 0 Å². The second-order valence-corrected chi connectivity index (χ2v) is 7.20. The molecule has 0 spiro atoms. The van der Waals surface area contributed by atoms with Gasteiger partial charge in [0.15, 0.2) is 0 Å². The Kier molecular flexibility index (Phi) is 5.66. The molecule has 1 fully saturated rings. The fourth-order valence-corrected chi connectivity index (χ4v) is 3.73. The van der Waals surface area contributed by atoms with E-state index in [-0.39, 0.29) is 11.9 Å². The summed E-state index contributed by atoms with van der Waals surface area (Å²) in [7, 11) is 0. The summed E-state index contributed by atoms with van der Waals surface area (Å²) >= 11 is 1.75. The first kappa shape index (κ1) is 17.1. The molecule has 0 unspecified atom stereocenters. The van der Waals surface area contributed by atoms with E-state index in [0.29, 0.717) is 0 Å². The molecular formula is C19H25N3OS. The molecule has 1 aromatic heterocycles. The van der Waals surface area contributed by atoms with E-state index < -0.39 is 0 Å². The SMILES string of the molecule is Cc1ccccc1NC(=O)[C@H](C)N1CCN(Cc2ccsc2)CC1. The van der Waals surface area contributed by atoms with Crippen LogP contribution < -0.4 is 5.32 Å². The van der Waals surface area contributed by atoms with Gasteiger partial charge in [-0.1, -0.05) is 18.2 Å². The first-order valence-electron chi connectivity index (χ1n) is 8.47. The Bertz CT molecular complexity index is 663. The second-order valence-electron chi connectivity index (χ2n) is 6.42. The van der Waals surface area contributed by atoms with Crippen LogP contribution in [0.1, 0.15) is 18.1 Å². The van der Waals surface area contributed by atoms with Gasteiger partial charge in [0.1, 0.15) is 0 Å². The van der Waals surface area contributed by atoms with Crippen molar-refractivity contribution in [2.45, 2.75) is 26.4 Å². The Hall–Kier alpha value is -1.69. The fraction of sp³-hybridized carbons (Fsp3) is 0.421. The van der Waals surface area contributed by atoms with Gasteiger partial charge in [0.25, 0.3) is 0 Å². The number of thiophene rings is 1. The molecule has 0 saturated carbocycles. The van der Waals surface area contributed by atoms with Crippen LogP contribution >= 0.6 is 11.3 Å². The number of aryl methyl sites for hydroxylation is 1. The van der Waals surface area contributed by atoms with Gasteiger partial charge in [-0.3, -0.25) is 14.6 Å². The van der Waals surface area contributed by atoms with E-state index in [1.54, 1.807) is 11.3 Å². The highest BCUT2D eigenvalue weighted by atomic mass is 32.1. The predicted molar refractivity (Wildman–Crippen MR) is 100 cm³/mol. The lowest BCUT2D eigenvalue weighted by atomic mass is 10.1. The largest absolute Gasteiger partial charge is 0.324 e. The highest BCUT2D eigenvalue weighted by Gasteiger charge is 2.25. The third-order valence-electron chi connectivity index (χ3n) is 4.72. The van der Waals surface area contributed by atoms with Gasteiger partial charge in [-0.2, -0.15) is 11.3 Å². The van der Waals surface area contributed by atoms with Crippen molar-refractivity contribution in [3.63, 3.8) is 0 Å². The molecule has 4 nitrogen and oxygen atoms in total. The molecule has 1 atom stereocenters. The lowest BCUT2D eigenvalue weighted by molar-refractivity contribution is -0.121. The zero-order chi connectivity index (χ0) is 16.9. The molecule has 1 N–H and O–H groups in total. The molecular weight excluding hydrogens is 318 g/mol. The molecule has 128 valence electrons. The van der Waals surface area contributed by atoms with Crippen molar-refractivity contribution >= 4 is 22.9 Å². The average Bonchev–Trinajstić information content (AvgIpc) is 3.10. The Labute approximate surface area is 148 Å². The summed E-state index contributed by atoms with van der Waals surface area (Å²) in [4.78, 5) is 17.3. The van der Waals surface area contributed by atoms with Crippen molar-refractivity contribution in [3.05, 3.63) is 52.2 Å². The highest BCUT2D eigenvalue weighted by Crippen LogP contribution is 2.16. The lowest BCUT2D eigenvalue weighted by Gasteiger charge is -2.37. The average molecular weight is 343 g/mol. The Morgan fingerprint density at radius 2 is 1.96 bits per heavy atom. The Morgan fingerprint density at radius 1 is 1.21 bits per heavy atom. The zero-order valence-electron chi connectivity index (χ0n) is 14.4. The van der Waals surface area contributed by atoms with Crippen LogP contribution in [0.2, 0.25) is 0 Å². The third-order valence-corrected chi connectivity index (χ3v) is 5.46. The van der Waals surface area contributed by atoms with Gasteiger partial charge in [-0.15, -0.1) is 0 Å². The minimum atomic E-state index is -0.104. The van der Waals surface area contributed by atoms with E-state index in [4.69, 9.17) is 0 Å². The number of carbonyl (C=O) groups excluding carboxylic acids is 1. The zero-order valence-corrected chi connectivity index (χ0v) is 15.2. The minimum absolute atomic E-state index is 0.0792. The van der Waals surface area contributed by atoms with Crippen LogP contribution in [-0.4, -0.2) is 47.9 Å². The van der Waals surface area contributed by atoms with Crippen LogP contribution in [0.5, 0.6) is 0 Å². The molecule has 0 bridgehead atoms. The number of nitrogens with one attached hydrogen (secondary N) is 1. The number of nitrogens with zero attached hydrogens (tertiary/aromatic N) is 2. The van der Waals surface area contributed by atoms with Crippen molar-refractivity contribution in [1.82, 2.24) is 9.80 Å². The minimum Gasteiger partial charge on any atom is -0.324 e. The highest BCUT2D eigenvalue weighted by molar-refractivity contribution is 7.07. The van der Waals surface area contributed by atoms with Gasteiger partial charge < -0.3 is 5.32 Å². The molecule has 1 amide bonds. The summed E-state index contributed by atoms with van der Waals surface area (Å²) in [6.45, 7) is 8.93. The standard InChI is InChI=1S/C19H25N3OS/c1-15-5-3-4-6-18(15)20-19(23)16(2)22-10-8-21(9-11-22)13-17-7-12-24-14-17/h3-7,12,14,16H,8-11,13H2,1-2H3,(H,20,23)/t16-/m0/s1. The Balaban J connectivity index is 1.50. The van der Waals surface area contributed by atoms with Gasteiger partial charge in [0.05, 0.1) is 6.04 Å². The molecule has 0 aliphatic carbocycles. The van der Waals surface area contributed by atoms with E-state index in [1.807, 2.05) is 38.1 Å². The summed E-state index contributed by atoms with van der Waals surface area (Å²) < 4.78 is 0. The maximum absolute atomic E-state index is 12.5. The summed E-state index contributed by atoms with van der Waals surface area (Å²) in [5.41, 5.74) is 3.39. The summed E-state index contributed by atoms with van der Waals surface area (Å²) in [5.74, 6) is 0.0792. The topological polar surface area (TPSA) is 35.6 Å². The van der Waals surface area contributed by atoms with Crippen molar-refractivity contribution in [2.24, 2.45) is 0 Å². The third kappa shape index (κ3) is 4.23. The van der Waals surface area contributed by atoms with E-state index in [1.165, 1.54) is 5.56 Å². The number of carbonyl (C=O) groups is 1. The molecule has 1 saturated heterocycles. The summed E-state index contributed by atoms with van der Waals surface area (Å²) in [6, 6.07) is 10.0. The number of hydrogen-bond acceptors (Lipinski definition) is 4. The number of para-hydroxylation sites is 1. The molecule has 24 heavy (non-hydrogen) atoms. The van der Waals surface area contributed by atoms with Gasteiger partial charge in [-0.25, -0.2) is 0 Å². The van der Waals surface area contributed by atoms with Gasteiger partial charge in [-0.05, 0) is 47.9 Å². The first-order chi connectivity index (χ1) is 11.6. The number of amides is 1. The molecule has 1 aliphatic heterocycles. The molecule has 3 rings (SSSR count). The number of hydrogen-bond donors (Lipinski definition) is 1. The summed E-state index contributed by atoms with van der Waals surface area (Å²) in [6.07, 6.45) is 0. The molecule has 1 aromatic carbocycles. The monoisotopic (exact) mass is 343 g/mol. The number of anilines is 1. The van der Waals surface area contributed by atoms with Crippen LogP contribution in [0.25, 0.3) is 0 Å². The fourth-order valence-electron chi connectivity index (χ4n) is 3.07. The summed E-state index contributed by atoms with van der Waals surface area (Å²) in [5, 5.41) is 7.40. The predicted octanol–water partition coefficient (Wildman–Crippen LogP) is 3.20. The molecule has 0 radical (unpaired) electrons. The number of piperazine rings is 1. The van der Waals surface area contributed by atoms with Crippen molar-refractivity contribution in [2.75, 3.05) is 31.5 Å². The quantitative estimate of drug-likeness (QED) is 0.905. The van der Waals surface area contributed by atoms with E-state index in [0.717, 1.165) is 44.0 Å². The van der Waals surface area contributed by atoms with Gasteiger partial charge in [0, 0.05) is 38.4 Å². The van der Waals surface area contributed by atoms with Crippen LogP contribution in [0.4, 0.5) is 5.69 Å². The van der Waals surface area contributed by atoms with E-state index in [2.05, 4.69) is 31.9 Å². The lowest BCUT2D eigenvalue weighted by Crippen LogP contribution is -2.52. The number of rotatable bonds is 5. The van der Waals surface area contributed by atoms with E-state index >= 15 is 0 Å². The molecule has 2 aromatic rings. The van der Waals surface area contributed by atoms with Crippen LogP contribution in [0.15, 0.2) is 41.1 Å².